The SMILES string of the molecule is CCCNC(=O)NC(=O)C[NH+](C)CC(=O)Nc1ccccc1Br. The molecule has 4 N–H and O–H groups in total. The lowest BCUT2D eigenvalue weighted by atomic mass is 10.3. The first-order valence-electron chi connectivity index (χ1n) is 7.35. The van der Waals surface area contributed by atoms with E-state index in [2.05, 4.69) is 31.9 Å². The van der Waals surface area contributed by atoms with E-state index in [1.807, 2.05) is 25.1 Å². The van der Waals surface area contributed by atoms with Gasteiger partial charge in [0.2, 0.25) is 0 Å². The average molecular weight is 386 g/mol. The van der Waals surface area contributed by atoms with Crippen molar-refractivity contribution in [1.29, 1.82) is 0 Å². The van der Waals surface area contributed by atoms with E-state index in [0.717, 1.165) is 10.9 Å². The minimum atomic E-state index is -0.512. The van der Waals surface area contributed by atoms with E-state index < -0.39 is 11.9 Å². The molecule has 0 aliphatic carbocycles. The molecule has 0 aliphatic heterocycles. The molecule has 1 atom stereocenters. The number of carbonyl (C=O) groups excluding carboxylic acids is 3. The van der Waals surface area contributed by atoms with Crippen molar-refractivity contribution in [3.8, 4) is 0 Å². The molecule has 0 spiro atoms. The Hall–Kier alpha value is -1.93. The minimum absolute atomic E-state index is 0.0307. The zero-order chi connectivity index (χ0) is 17.2. The van der Waals surface area contributed by atoms with Crippen LogP contribution in [0.4, 0.5) is 10.5 Å². The maximum absolute atomic E-state index is 12.0. The first kappa shape index (κ1) is 19.1. The van der Waals surface area contributed by atoms with E-state index in [1.54, 1.807) is 13.1 Å². The average Bonchev–Trinajstić information content (AvgIpc) is 2.47. The van der Waals surface area contributed by atoms with Crippen LogP contribution in [-0.2, 0) is 9.59 Å². The molecule has 0 fully saturated rings. The smallest absolute Gasteiger partial charge is 0.321 e. The Bertz CT molecular complexity index is 565. The summed E-state index contributed by atoms with van der Waals surface area (Å²) >= 11 is 3.35. The van der Waals surface area contributed by atoms with Gasteiger partial charge in [0.1, 0.15) is 0 Å². The van der Waals surface area contributed by atoms with Crippen molar-refractivity contribution in [2.24, 2.45) is 0 Å². The number of hydrogen-bond acceptors (Lipinski definition) is 3. The Morgan fingerprint density at radius 3 is 2.43 bits per heavy atom. The van der Waals surface area contributed by atoms with Gasteiger partial charge in [-0.3, -0.25) is 14.9 Å². The molecular formula is C15H22BrN4O3+. The molecule has 0 aliphatic rings. The lowest BCUT2D eigenvalue weighted by Gasteiger charge is -2.14. The Morgan fingerprint density at radius 2 is 1.78 bits per heavy atom. The topological polar surface area (TPSA) is 91.7 Å². The van der Waals surface area contributed by atoms with Gasteiger partial charge in [0.25, 0.3) is 11.8 Å². The summed E-state index contributed by atoms with van der Waals surface area (Å²) in [5.41, 5.74) is 0.675. The van der Waals surface area contributed by atoms with Gasteiger partial charge in [-0.2, -0.15) is 0 Å². The fraction of sp³-hybridized carbons (Fsp3) is 0.400. The van der Waals surface area contributed by atoms with Crippen molar-refractivity contribution in [1.82, 2.24) is 10.6 Å². The van der Waals surface area contributed by atoms with Crippen molar-refractivity contribution >= 4 is 39.5 Å². The van der Waals surface area contributed by atoms with Crippen LogP contribution >= 0.6 is 15.9 Å². The minimum Gasteiger partial charge on any atom is -0.338 e. The Balaban J connectivity index is 2.36. The zero-order valence-corrected chi connectivity index (χ0v) is 14.8. The van der Waals surface area contributed by atoms with Crippen LogP contribution in [0.2, 0.25) is 0 Å². The lowest BCUT2D eigenvalue weighted by Crippen LogP contribution is -3.11. The largest absolute Gasteiger partial charge is 0.338 e. The van der Waals surface area contributed by atoms with Crippen molar-refractivity contribution in [3.05, 3.63) is 28.7 Å². The first-order valence-corrected chi connectivity index (χ1v) is 8.15. The molecule has 1 unspecified atom stereocenters. The second kappa shape index (κ2) is 9.96. The summed E-state index contributed by atoms with van der Waals surface area (Å²) in [6.45, 7) is 2.58. The molecule has 4 amide bonds. The number of amides is 4. The number of carbonyl (C=O) groups is 3. The number of imide groups is 1. The van der Waals surface area contributed by atoms with Gasteiger partial charge in [-0.05, 0) is 34.5 Å². The standard InChI is InChI=1S/C15H21BrN4O3/c1-3-8-17-15(23)19-14(22)10-20(2)9-13(21)18-12-7-5-4-6-11(12)16/h4-7H,3,8-10H2,1-2H3,(H,18,21)(H2,17,19,22,23)/p+1. The summed E-state index contributed by atoms with van der Waals surface area (Å²) in [5, 5.41) is 7.55. The molecule has 0 saturated carbocycles. The molecule has 1 aromatic rings. The monoisotopic (exact) mass is 385 g/mol. The maximum atomic E-state index is 12.0. The zero-order valence-electron chi connectivity index (χ0n) is 13.2. The molecule has 1 rings (SSSR count). The van der Waals surface area contributed by atoms with Crippen molar-refractivity contribution < 1.29 is 19.3 Å². The third-order valence-corrected chi connectivity index (χ3v) is 3.55. The highest BCUT2D eigenvalue weighted by Crippen LogP contribution is 2.20. The molecule has 8 heteroatoms. The molecule has 0 saturated heterocycles. The molecule has 126 valence electrons. The Morgan fingerprint density at radius 1 is 1.13 bits per heavy atom. The lowest BCUT2D eigenvalue weighted by molar-refractivity contribution is -0.862. The van der Waals surface area contributed by atoms with Gasteiger partial charge < -0.3 is 15.5 Å². The van der Waals surface area contributed by atoms with Crippen LogP contribution in [0, 0.1) is 0 Å². The predicted octanol–water partition coefficient (Wildman–Crippen LogP) is 0.138. The molecule has 23 heavy (non-hydrogen) atoms. The number of halogens is 1. The number of urea groups is 1. The number of anilines is 1. The second-order valence-corrected chi connectivity index (χ2v) is 6.00. The van der Waals surface area contributed by atoms with E-state index in [4.69, 9.17) is 0 Å². The molecule has 0 heterocycles. The maximum Gasteiger partial charge on any atom is 0.321 e. The fourth-order valence-corrected chi connectivity index (χ4v) is 2.21. The van der Waals surface area contributed by atoms with Crippen LogP contribution < -0.4 is 20.9 Å². The van der Waals surface area contributed by atoms with Crippen molar-refractivity contribution in [2.45, 2.75) is 13.3 Å². The van der Waals surface area contributed by atoms with E-state index in [-0.39, 0.29) is 19.0 Å². The van der Waals surface area contributed by atoms with Gasteiger partial charge >= 0.3 is 6.03 Å². The van der Waals surface area contributed by atoms with Gasteiger partial charge in [0.05, 0.1) is 12.7 Å². The van der Waals surface area contributed by atoms with Crippen LogP contribution in [-0.4, -0.2) is 44.5 Å². The van der Waals surface area contributed by atoms with Crippen LogP contribution in [0.5, 0.6) is 0 Å². The van der Waals surface area contributed by atoms with Gasteiger partial charge in [-0.25, -0.2) is 4.79 Å². The number of quaternary nitrogens is 1. The molecule has 7 nitrogen and oxygen atoms in total. The van der Waals surface area contributed by atoms with Crippen LogP contribution in [0.1, 0.15) is 13.3 Å². The number of nitrogens with one attached hydrogen (secondary N) is 4. The van der Waals surface area contributed by atoms with E-state index in [1.165, 1.54) is 0 Å². The van der Waals surface area contributed by atoms with Crippen LogP contribution in [0.3, 0.4) is 0 Å². The van der Waals surface area contributed by atoms with E-state index >= 15 is 0 Å². The highest BCUT2D eigenvalue weighted by atomic mass is 79.9. The number of rotatable bonds is 7. The Labute approximate surface area is 143 Å². The van der Waals surface area contributed by atoms with Crippen LogP contribution in [0.15, 0.2) is 28.7 Å². The fourth-order valence-electron chi connectivity index (χ4n) is 1.82. The predicted molar refractivity (Wildman–Crippen MR) is 91.2 cm³/mol. The van der Waals surface area contributed by atoms with E-state index in [0.29, 0.717) is 17.1 Å². The molecule has 1 aromatic carbocycles. The van der Waals surface area contributed by atoms with Crippen molar-refractivity contribution in [3.63, 3.8) is 0 Å². The summed E-state index contributed by atoms with van der Waals surface area (Å²) < 4.78 is 0.788. The third-order valence-electron chi connectivity index (χ3n) is 2.86. The molecule has 0 aromatic heterocycles. The highest BCUT2D eigenvalue weighted by molar-refractivity contribution is 9.10. The van der Waals surface area contributed by atoms with Crippen LogP contribution in [0.25, 0.3) is 0 Å². The van der Waals surface area contributed by atoms with Gasteiger partial charge in [-0.1, -0.05) is 19.1 Å². The molecular weight excluding hydrogens is 364 g/mol. The summed E-state index contributed by atoms with van der Waals surface area (Å²) in [7, 11) is 1.71. The van der Waals surface area contributed by atoms with Gasteiger partial charge in [0, 0.05) is 11.0 Å². The highest BCUT2D eigenvalue weighted by Gasteiger charge is 2.16. The number of benzene rings is 1. The number of likely N-dealkylation sites (N-methyl/N-ethyl adjacent to an activating group) is 1. The van der Waals surface area contributed by atoms with Gasteiger partial charge in [0.15, 0.2) is 13.1 Å². The van der Waals surface area contributed by atoms with Gasteiger partial charge in [-0.15, -0.1) is 0 Å². The molecule has 0 bridgehead atoms. The molecule has 0 radical (unpaired) electrons. The quantitative estimate of drug-likeness (QED) is 0.537. The summed E-state index contributed by atoms with van der Waals surface area (Å²) in [6.07, 6.45) is 0.794. The van der Waals surface area contributed by atoms with E-state index in [9.17, 15) is 14.4 Å². The summed E-state index contributed by atoms with van der Waals surface area (Å²) in [4.78, 5) is 35.7. The number of hydrogen-bond donors (Lipinski definition) is 4. The summed E-state index contributed by atoms with van der Waals surface area (Å²) in [6, 6.07) is 6.77. The van der Waals surface area contributed by atoms with Crippen molar-refractivity contribution in [2.75, 3.05) is 32.0 Å². The second-order valence-electron chi connectivity index (χ2n) is 5.14. The Kier molecular flexibility index (Phi) is 8.28. The number of para-hydroxylation sites is 1. The third kappa shape index (κ3) is 7.75. The first-order chi connectivity index (χ1) is 10.9. The normalized spacial score (nSPS) is 11.4. The summed E-state index contributed by atoms with van der Waals surface area (Å²) in [5.74, 6) is -0.637.